The SMILES string of the molecule is NS(=O)(=O)c1ccc(N2CCC(c3ccco3)CC2)cc1. The summed E-state index contributed by atoms with van der Waals surface area (Å²) in [5.41, 5.74) is 1.03. The molecule has 0 radical (unpaired) electrons. The molecule has 0 saturated carbocycles. The zero-order chi connectivity index (χ0) is 14.9. The van der Waals surface area contributed by atoms with Crippen LogP contribution in [0.1, 0.15) is 24.5 Å². The molecule has 0 amide bonds. The Labute approximate surface area is 124 Å². The minimum absolute atomic E-state index is 0.150. The zero-order valence-electron chi connectivity index (χ0n) is 11.6. The van der Waals surface area contributed by atoms with Crippen molar-refractivity contribution < 1.29 is 12.8 Å². The van der Waals surface area contributed by atoms with Crippen LogP contribution in [-0.4, -0.2) is 21.5 Å². The summed E-state index contributed by atoms with van der Waals surface area (Å²) >= 11 is 0. The van der Waals surface area contributed by atoms with E-state index < -0.39 is 10.0 Å². The Balaban J connectivity index is 1.67. The van der Waals surface area contributed by atoms with Crippen LogP contribution in [0.25, 0.3) is 0 Å². The fourth-order valence-corrected chi connectivity index (χ4v) is 3.31. The van der Waals surface area contributed by atoms with E-state index in [0.717, 1.165) is 37.4 Å². The molecular formula is C15H18N2O3S. The van der Waals surface area contributed by atoms with Crippen LogP contribution in [0.15, 0.2) is 52.0 Å². The normalized spacial score (nSPS) is 17.1. The number of nitrogens with two attached hydrogens (primary N) is 1. The first-order valence-corrected chi connectivity index (χ1v) is 8.50. The van der Waals surface area contributed by atoms with Crippen LogP contribution in [0.2, 0.25) is 0 Å². The van der Waals surface area contributed by atoms with E-state index in [9.17, 15) is 8.42 Å². The van der Waals surface area contributed by atoms with Crippen LogP contribution in [-0.2, 0) is 10.0 Å². The van der Waals surface area contributed by atoms with Crippen molar-refractivity contribution in [2.45, 2.75) is 23.7 Å². The maximum absolute atomic E-state index is 11.2. The molecule has 2 N–H and O–H groups in total. The van der Waals surface area contributed by atoms with Gasteiger partial charge in [0.1, 0.15) is 5.76 Å². The van der Waals surface area contributed by atoms with E-state index in [1.165, 1.54) is 0 Å². The predicted molar refractivity (Wildman–Crippen MR) is 80.7 cm³/mol. The molecule has 21 heavy (non-hydrogen) atoms. The number of primary sulfonamides is 1. The van der Waals surface area contributed by atoms with Crippen molar-refractivity contribution in [2.24, 2.45) is 5.14 Å². The smallest absolute Gasteiger partial charge is 0.238 e. The quantitative estimate of drug-likeness (QED) is 0.944. The van der Waals surface area contributed by atoms with E-state index >= 15 is 0 Å². The van der Waals surface area contributed by atoms with Crippen molar-refractivity contribution in [1.29, 1.82) is 0 Å². The minimum atomic E-state index is -3.62. The van der Waals surface area contributed by atoms with Gasteiger partial charge in [-0.2, -0.15) is 0 Å². The number of furan rings is 1. The molecule has 1 fully saturated rings. The Morgan fingerprint density at radius 2 is 1.76 bits per heavy atom. The number of rotatable bonds is 3. The summed E-state index contributed by atoms with van der Waals surface area (Å²) in [7, 11) is -3.62. The van der Waals surface area contributed by atoms with Crippen molar-refractivity contribution in [1.82, 2.24) is 0 Å². The monoisotopic (exact) mass is 306 g/mol. The molecule has 2 heterocycles. The Hall–Kier alpha value is -1.79. The standard InChI is InChI=1S/C15H18N2O3S/c16-21(18,19)14-5-3-13(4-6-14)17-9-7-12(8-10-17)15-2-1-11-20-15/h1-6,11-12H,7-10H2,(H2,16,18,19). The van der Waals surface area contributed by atoms with E-state index in [4.69, 9.17) is 9.56 Å². The molecule has 0 atom stereocenters. The topological polar surface area (TPSA) is 76.5 Å². The molecule has 1 aliphatic heterocycles. The minimum Gasteiger partial charge on any atom is -0.469 e. The molecule has 0 unspecified atom stereocenters. The number of hydrogen-bond donors (Lipinski definition) is 1. The third-order valence-corrected chi connectivity index (χ3v) is 4.90. The summed E-state index contributed by atoms with van der Waals surface area (Å²) in [5, 5.41) is 5.11. The van der Waals surface area contributed by atoms with E-state index in [0.29, 0.717) is 5.92 Å². The second-order valence-electron chi connectivity index (χ2n) is 5.32. The molecule has 5 nitrogen and oxygen atoms in total. The molecule has 0 spiro atoms. The average Bonchev–Trinajstić information content (AvgIpc) is 3.01. The van der Waals surface area contributed by atoms with E-state index in [1.807, 2.05) is 24.3 Å². The molecular weight excluding hydrogens is 288 g/mol. The number of piperidine rings is 1. The summed E-state index contributed by atoms with van der Waals surface area (Å²) < 4.78 is 28.0. The van der Waals surface area contributed by atoms with Crippen LogP contribution in [0.4, 0.5) is 5.69 Å². The molecule has 112 valence electrons. The van der Waals surface area contributed by atoms with Gasteiger partial charge >= 0.3 is 0 Å². The number of nitrogens with zero attached hydrogens (tertiary/aromatic N) is 1. The highest BCUT2D eigenvalue weighted by molar-refractivity contribution is 7.89. The van der Waals surface area contributed by atoms with Gasteiger partial charge in [-0.3, -0.25) is 0 Å². The maximum atomic E-state index is 11.2. The number of anilines is 1. The number of benzene rings is 1. The molecule has 1 aliphatic rings. The summed E-state index contributed by atoms with van der Waals surface area (Å²) in [6.07, 6.45) is 3.78. The van der Waals surface area contributed by atoms with Crippen LogP contribution in [0.3, 0.4) is 0 Å². The fourth-order valence-electron chi connectivity index (χ4n) is 2.79. The molecule has 2 aromatic rings. The van der Waals surface area contributed by atoms with Crippen molar-refractivity contribution in [3.05, 3.63) is 48.4 Å². The van der Waals surface area contributed by atoms with Crippen LogP contribution in [0.5, 0.6) is 0 Å². The highest BCUT2D eigenvalue weighted by atomic mass is 32.2. The number of sulfonamides is 1. The highest BCUT2D eigenvalue weighted by Gasteiger charge is 2.22. The summed E-state index contributed by atoms with van der Waals surface area (Å²) in [5.74, 6) is 1.53. The predicted octanol–water partition coefficient (Wildman–Crippen LogP) is 2.31. The molecule has 0 bridgehead atoms. The number of hydrogen-bond acceptors (Lipinski definition) is 4. The van der Waals surface area contributed by atoms with Gasteiger partial charge in [-0.05, 0) is 49.2 Å². The Morgan fingerprint density at radius 1 is 1.10 bits per heavy atom. The summed E-state index contributed by atoms with van der Waals surface area (Å²) in [6.45, 7) is 1.86. The van der Waals surface area contributed by atoms with Gasteiger partial charge in [-0.1, -0.05) is 0 Å². The maximum Gasteiger partial charge on any atom is 0.238 e. The van der Waals surface area contributed by atoms with Gasteiger partial charge in [0.05, 0.1) is 11.2 Å². The van der Waals surface area contributed by atoms with Crippen molar-refractivity contribution in [2.75, 3.05) is 18.0 Å². The molecule has 0 aliphatic carbocycles. The van der Waals surface area contributed by atoms with Crippen molar-refractivity contribution in [3.8, 4) is 0 Å². The van der Waals surface area contributed by atoms with Gasteiger partial charge in [-0.15, -0.1) is 0 Å². The molecule has 1 saturated heterocycles. The third kappa shape index (κ3) is 3.11. The lowest BCUT2D eigenvalue weighted by atomic mass is 9.94. The lowest BCUT2D eigenvalue weighted by Crippen LogP contribution is -2.32. The van der Waals surface area contributed by atoms with Crippen molar-refractivity contribution >= 4 is 15.7 Å². The third-order valence-electron chi connectivity index (χ3n) is 3.97. The van der Waals surface area contributed by atoms with E-state index in [-0.39, 0.29) is 4.90 Å². The summed E-state index contributed by atoms with van der Waals surface area (Å²) in [6, 6.07) is 10.7. The van der Waals surface area contributed by atoms with Gasteiger partial charge in [0, 0.05) is 24.7 Å². The molecule has 6 heteroatoms. The second kappa shape index (κ2) is 5.54. The first-order chi connectivity index (χ1) is 10.0. The van der Waals surface area contributed by atoms with Crippen LogP contribution >= 0.6 is 0 Å². The van der Waals surface area contributed by atoms with Crippen molar-refractivity contribution in [3.63, 3.8) is 0 Å². The fraction of sp³-hybridized carbons (Fsp3) is 0.333. The first kappa shape index (κ1) is 14.2. The van der Waals surface area contributed by atoms with Crippen LogP contribution in [0, 0.1) is 0 Å². The average molecular weight is 306 g/mol. The van der Waals surface area contributed by atoms with Gasteiger partial charge in [0.15, 0.2) is 0 Å². The Morgan fingerprint density at radius 3 is 2.29 bits per heavy atom. The molecule has 1 aromatic heterocycles. The highest BCUT2D eigenvalue weighted by Crippen LogP contribution is 2.30. The Kier molecular flexibility index (Phi) is 3.73. The van der Waals surface area contributed by atoms with Crippen LogP contribution < -0.4 is 10.0 Å². The molecule has 1 aromatic carbocycles. The van der Waals surface area contributed by atoms with E-state index in [2.05, 4.69) is 4.90 Å². The largest absolute Gasteiger partial charge is 0.469 e. The first-order valence-electron chi connectivity index (χ1n) is 6.95. The molecule has 3 rings (SSSR count). The van der Waals surface area contributed by atoms with E-state index in [1.54, 1.807) is 18.4 Å². The van der Waals surface area contributed by atoms with Gasteiger partial charge < -0.3 is 9.32 Å². The van der Waals surface area contributed by atoms with Gasteiger partial charge in [0.2, 0.25) is 10.0 Å². The van der Waals surface area contributed by atoms with Gasteiger partial charge in [-0.25, -0.2) is 13.6 Å². The second-order valence-corrected chi connectivity index (χ2v) is 6.88. The summed E-state index contributed by atoms with van der Waals surface area (Å²) in [4.78, 5) is 2.41. The lowest BCUT2D eigenvalue weighted by molar-refractivity contribution is 0.406. The lowest BCUT2D eigenvalue weighted by Gasteiger charge is -2.32. The Bertz CT molecular complexity index is 685. The van der Waals surface area contributed by atoms with Gasteiger partial charge in [0.25, 0.3) is 0 Å². The zero-order valence-corrected chi connectivity index (χ0v) is 12.4.